The summed E-state index contributed by atoms with van der Waals surface area (Å²) >= 11 is 0. The van der Waals surface area contributed by atoms with Crippen molar-refractivity contribution in [3.8, 4) is 17.4 Å². The Morgan fingerprint density at radius 1 is 0.352 bits per heavy atom. The maximum Gasteiger partial charge on any atom is 0.153 e. The maximum absolute atomic E-state index is 8.15. The second-order valence-corrected chi connectivity index (χ2v) is 42.3. The second kappa shape index (κ2) is 31.7. The number of nitriles is 1. The van der Waals surface area contributed by atoms with Crippen molar-refractivity contribution in [1.29, 1.82) is 5.26 Å². The lowest BCUT2D eigenvalue weighted by Gasteiger charge is -2.44. The Kier molecular flexibility index (Phi) is 25.3. The van der Waals surface area contributed by atoms with Crippen molar-refractivity contribution in [2.75, 3.05) is 0 Å². The predicted octanol–water partition coefficient (Wildman–Crippen LogP) is 24.1. The van der Waals surface area contributed by atoms with Crippen LogP contribution in [-0.4, -0.2) is 25.3 Å². The molecule has 11 rings (SSSR count). The van der Waals surface area contributed by atoms with Gasteiger partial charge < -0.3 is 9.13 Å². The van der Waals surface area contributed by atoms with Crippen LogP contribution in [0.4, 0.5) is 0 Å². The zero-order valence-corrected chi connectivity index (χ0v) is 62.4. The molecule has 11 aromatic rings. The largest absolute Gasteiger partial charge is 0.309 e. The van der Waals surface area contributed by atoms with Crippen molar-refractivity contribution in [2.45, 2.75) is 186 Å². The number of hydrogen-bond donors (Lipinski definition) is 0. The van der Waals surface area contributed by atoms with E-state index in [1.54, 1.807) is 0 Å². The van der Waals surface area contributed by atoms with Gasteiger partial charge >= 0.3 is 0 Å². The first kappa shape index (κ1) is 72.6. The van der Waals surface area contributed by atoms with E-state index < -0.39 is 16.1 Å². The highest BCUT2D eigenvalue weighted by Crippen LogP contribution is 2.38. The van der Waals surface area contributed by atoms with E-state index in [4.69, 9.17) is 6.63 Å². The van der Waals surface area contributed by atoms with Crippen LogP contribution in [0.2, 0.25) is 29.7 Å². The first-order valence-corrected chi connectivity index (χ1v) is 38.5. The molecule has 0 saturated carbocycles. The molecule has 2 aromatic heterocycles. The van der Waals surface area contributed by atoms with Gasteiger partial charge in [-0.1, -0.05) is 332 Å². The van der Waals surface area contributed by atoms with E-state index in [0.29, 0.717) is 5.04 Å². The van der Waals surface area contributed by atoms with Crippen LogP contribution in [0, 0.1) is 28.6 Å². The zero-order valence-electron chi connectivity index (χ0n) is 61.4. The Labute approximate surface area is 556 Å². The van der Waals surface area contributed by atoms with Crippen LogP contribution in [0.3, 0.4) is 0 Å². The molecular weight excluding hydrogens is 1130 g/mol. The van der Waals surface area contributed by atoms with Gasteiger partial charge in [-0.3, -0.25) is 0 Å². The fourth-order valence-corrected chi connectivity index (χ4v) is 16.2. The topological polar surface area (TPSA) is 33.6 Å². The number of para-hydroxylation sites is 4. The summed E-state index contributed by atoms with van der Waals surface area (Å²) in [6, 6.07) is 87.8. The Morgan fingerprint density at radius 3 is 0.868 bits per heavy atom. The van der Waals surface area contributed by atoms with E-state index in [2.05, 4.69) is 375 Å². The first-order chi connectivity index (χ1) is 42.7. The minimum Gasteiger partial charge on any atom is -0.309 e. The lowest BCUT2D eigenvalue weighted by molar-refractivity contribution is 0.561. The SMILES string of the molecule is CC(C)(C)C#N.CC(C)(C)[Si](C)(C)C.CC(C)(C)[Si](c1ccccc1)(c1ccccc1)c1ccccc1.CC(C)(C)c1ccc(-n2c3ccccc3c3ccccc32)cc1.CC(C)(C)c1cccc(-n2c3ccccc3c3ccccc32)c1.CC(C)C.[2H]C(C)(C)C. The summed E-state index contributed by atoms with van der Waals surface area (Å²) in [6.45, 7) is 52.7. The molecule has 0 spiro atoms. The van der Waals surface area contributed by atoms with Crippen molar-refractivity contribution in [2.24, 2.45) is 17.2 Å². The van der Waals surface area contributed by atoms with Gasteiger partial charge in [0.25, 0.3) is 0 Å². The molecule has 0 bridgehead atoms. The summed E-state index contributed by atoms with van der Waals surface area (Å²) in [5.41, 5.74) is 10.4. The van der Waals surface area contributed by atoms with Crippen LogP contribution < -0.4 is 15.6 Å². The predicted molar refractivity (Wildman–Crippen MR) is 412 cm³/mol. The molecule has 0 unspecified atom stereocenters. The molecule has 0 radical (unpaired) electrons. The van der Waals surface area contributed by atoms with Gasteiger partial charge in [0.1, 0.15) is 0 Å². The van der Waals surface area contributed by atoms with Crippen molar-refractivity contribution in [3.63, 3.8) is 0 Å². The molecule has 480 valence electrons. The summed E-state index contributed by atoms with van der Waals surface area (Å²) < 4.78 is 11.7. The Hall–Kier alpha value is -7.50. The van der Waals surface area contributed by atoms with Gasteiger partial charge in [-0.2, -0.15) is 5.26 Å². The van der Waals surface area contributed by atoms with E-state index in [0.717, 1.165) is 5.92 Å². The highest BCUT2D eigenvalue weighted by Gasteiger charge is 2.49. The van der Waals surface area contributed by atoms with Gasteiger partial charge in [0.05, 0.1) is 28.1 Å². The second-order valence-electron chi connectivity index (χ2n) is 31.5. The van der Waals surface area contributed by atoms with Crippen LogP contribution in [-0.2, 0) is 10.8 Å². The van der Waals surface area contributed by atoms with Crippen LogP contribution in [0.25, 0.3) is 55.0 Å². The third-order valence-corrected chi connectivity index (χ3v) is 26.8. The lowest BCUT2D eigenvalue weighted by Crippen LogP contribution is -2.72. The molecule has 2 heterocycles. The normalized spacial score (nSPS) is 12.2. The van der Waals surface area contributed by atoms with Crippen molar-refractivity contribution >= 4 is 75.3 Å². The number of benzene rings is 9. The van der Waals surface area contributed by atoms with E-state index >= 15 is 0 Å². The van der Waals surface area contributed by atoms with Gasteiger partial charge in [-0.15, -0.1) is 0 Å². The van der Waals surface area contributed by atoms with Gasteiger partial charge in [0.2, 0.25) is 0 Å². The number of aromatic nitrogens is 2. The minimum atomic E-state index is -2.13. The molecule has 0 fully saturated rings. The van der Waals surface area contributed by atoms with E-state index in [1.165, 1.54) is 81.7 Å². The monoisotopic (exact) mass is 1240 g/mol. The third kappa shape index (κ3) is 20.0. The molecule has 3 nitrogen and oxygen atoms in total. The lowest BCUT2D eigenvalue weighted by atomic mass is 9.87. The molecule has 91 heavy (non-hydrogen) atoms. The van der Waals surface area contributed by atoms with E-state index in [1.807, 2.05) is 41.5 Å². The number of fused-ring (bicyclic) bond motifs is 6. The smallest absolute Gasteiger partial charge is 0.153 e. The fourth-order valence-electron chi connectivity index (χ4n) is 10.5. The molecular formula is C86H113N3Si2. The average molecular weight is 1250 g/mol. The molecule has 0 atom stereocenters. The molecule has 0 saturated heterocycles. The number of nitrogens with zero attached hydrogens (tertiary/aromatic N) is 3. The summed E-state index contributed by atoms with van der Waals surface area (Å²) in [5, 5.41) is 18.6. The Balaban J connectivity index is 0.000000214. The maximum atomic E-state index is 8.15. The Bertz CT molecular complexity index is 3840. The van der Waals surface area contributed by atoms with Gasteiger partial charge in [-0.25, -0.2) is 0 Å². The molecule has 0 amide bonds. The van der Waals surface area contributed by atoms with E-state index in [9.17, 15) is 0 Å². The van der Waals surface area contributed by atoms with Gasteiger partial charge in [0, 0.05) is 47.8 Å². The fraction of sp³-hybridized carbons (Fsp3) is 0.360. The van der Waals surface area contributed by atoms with Crippen molar-refractivity contribution in [1.82, 2.24) is 9.13 Å². The van der Waals surface area contributed by atoms with E-state index in [-0.39, 0.29) is 27.2 Å². The quantitative estimate of drug-likeness (QED) is 0.125. The highest BCUT2D eigenvalue weighted by atomic mass is 28.3. The average Bonchev–Trinajstić information content (AvgIpc) is 0.828. The highest BCUT2D eigenvalue weighted by molar-refractivity contribution is 7.13. The molecule has 5 heteroatoms. The van der Waals surface area contributed by atoms with Crippen LogP contribution in [0.5, 0.6) is 0 Å². The zero-order chi connectivity index (χ0) is 68.7. The molecule has 0 aliphatic rings. The first-order valence-electron chi connectivity index (χ1n) is 33.5. The number of rotatable bonds is 5. The minimum absolute atomic E-state index is 0.148. The molecule has 9 aromatic carbocycles. The standard InChI is InChI=1S/2C22H21N.C22H24Si.C7H18Si.C5H9N.2C4H10/c1-22(2,3)16-9-8-10-17(15-16)23-20-13-6-4-11-18(20)19-12-5-7-14-21(19)23;1-22(2,3)16-12-14-17(15-13-16)23-20-10-6-4-8-18(20)19-9-5-7-11-21(19)23;1-22(2,3)23(19-13-7-4-8-14-19,20-15-9-5-10-16-20)21-17-11-6-12-18-21;1-7(2,3)8(4,5)6;1-5(2,3)4-6;2*1-4(2)3/h2*4-15H,1-3H3;4-18H,1-3H3;1-6H3;1-3H3;2*4H,1-3H3/i;;;;;4D;. The summed E-state index contributed by atoms with van der Waals surface area (Å²) in [6.07, 6.45) is 0. The van der Waals surface area contributed by atoms with Crippen LogP contribution in [0.1, 0.15) is 158 Å². The summed E-state index contributed by atoms with van der Waals surface area (Å²) in [7, 11) is -2.98. The van der Waals surface area contributed by atoms with Crippen LogP contribution in [0.15, 0.2) is 237 Å². The molecule has 0 aliphatic carbocycles. The molecule has 0 N–H and O–H groups in total. The Morgan fingerprint density at radius 2 is 0.615 bits per heavy atom. The van der Waals surface area contributed by atoms with Crippen molar-refractivity contribution in [3.05, 3.63) is 248 Å². The third-order valence-electron chi connectivity index (χ3n) is 16.5. The van der Waals surface area contributed by atoms with Gasteiger partial charge in [0.15, 0.2) is 8.07 Å². The van der Waals surface area contributed by atoms with Crippen molar-refractivity contribution < 1.29 is 1.37 Å². The van der Waals surface area contributed by atoms with Gasteiger partial charge in [-0.05, 0) is 129 Å². The summed E-state index contributed by atoms with van der Waals surface area (Å²) in [4.78, 5) is 0. The molecule has 0 aliphatic heterocycles. The van der Waals surface area contributed by atoms with Crippen LogP contribution >= 0.6 is 0 Å². The summed E-state index contributed by atoms with van der Waals surface area (Å²) in [5.74, 6) is 0.583. The number of hydrogen-bond acceptors (Lipinski definition) is 1.